The predicted octanol–water partition coefficient (Wildman–Crippen LogP) is 3.09. The molecule has 0 saturated carbocycles. The molecule has 0 aliphatic rings. The topological polar surface area (TPSA) is 74.2 Å². The van der Waals surface area contributed by atoms with Gasteiger partial charge in [0.15, 0.2) is 0 Å². The molecule has 2 N–H and O–H groups in total. The highest BCUT2D eigenvalue weighted by atomic mass is 79.9. The smallest absolute Gasteiger partial charge is 0.240 e. The van der Waals surface area contributed by atoms with Crippen molar-refractivity contribution >= 4 is 15.9 Å². The highest BCUT2D eigenvalue weighted by Crippen LogP contribution is 2.38. The SMILES string of the molecule is COc1c(Br)cc(C(C)C)cc1-c1noc(CN)n1. The van der Waals surface area contributed by atoms with Crippen LogP contribution in [0.2, 0.25) is 0 Å². The number of hydrogen-bond acceptors (Lipinski definition) is 5. The third-order valence-corrected chi connectivity index (χ3v) is 3.41. The zero-order valence-corrected chi connectivity index (χ0v) is 12.7. The van der Waals surface area contributed by atoms with Crippen LogP contribution < -0.4 is 10.5 Å². The number of nitrogens with zero attached hydrogens (tertiary/aromatic N) is 2. The number of halogens is 1. The Balaban J connectivity index is 2.58. The van der Waals surface area contributed by atoms with Crippen molar-refractivity contribution in [1.29, 1.82) is 0 Å². The van der Waals surface area contributed by atoms with E-state index in [1.165, 1.54) is 5.56 Å². The second-order valence-corrected chi connectivity index (χ2v) is 5.31. The Morgan fingerprint density at radius 2 is 2.16 bits per heavy atom. The maximum absolute atomic E-state index is 5.48. The molecule has 0 aliphatic heterocycles. The number of nitrogens with two attached hydrogens (primary N) is 1. The summed E-state index contributed by atoms with van der Waals surface area (Å²) in [5.74, 6) is 1.97. The van der Waals surface area contributed by atoms with Crippen LogP contribution in [0.1, 0.15) is 31.2 Å². The highest BCUT2D eigenvalue weighted by molar-refractivity contribution is 9.10. The van der Waals surface area contributed by atoms with Crippen molar-refractivity contribution in [2.75, 3.05) is 7.11 Å². The van der Waals surface area contributed by atoms with Crippen LogP contribution in [-0.4, -0.2) is 17.3 Å². The lowest BCUT2D eigenvalue weighted by Crippen LogP contribution is -1.97. The Kier molecular flexibility index (Phi) is 4.21. The van der Waals surface area contributed by atoms with Crippen molar-refractivity contribution in [3.8, 4) is 17.1 Å². The van der Waals surface area contributed by atoms with Crippen LogP contribution in [0.15, 0.2) is 21.1 Å². The summed E-state index contributed by atoms with van der Waals surface area (Å²) in [4.78, 5) is 4.25. The summed E-state index contributed by atoms with van der Waals surface area (Å²) in [6, 6.07) is 4.05. The normalized spacial score (nSPS) is 11.1. The minimum atomic E-state index is 0.223. The lowest BCUT2D eigenvalue weighted by Gasteiger charge is -2.12. The van der Waals surface area contributed by atoms with Gasteiger partial charge in [0, 0.05) is 0 Å². The first-order valence-electron chi connectivity index (χ1n) is 5.97. The third-order valence-electron chi connectivity index (χ3n) is 2.82. The predicted molar refractivity (Wildman–Crippen MR) is 76.0 cm³/mol. The molecule has 0 unspecified atom stereocenters. The van der Waals surface area contributed by atoms with Crippen molar-refractivity contribution in [2.24, 2.45) is 5.73 Å². The fraction of sp³-hybridized carbons (Fsp3) is 0.385. The molecule has 19 heavy (non-hydrogen) atoms. The minimum absolute atomic E-state index is 0.223. The summed E-state index contributed by atoms with van der Waals surface area (Å²) in [5, 5.41) is 3.94. The number of rotatable bonds is 4. The van der Waals surface area contributed by atoms with Crippen LogP contribution in [-0.2, 0) is 6.54 Å². The van der Waals surface area contributed by atoms with E-state index in [0.717, 1.165) is 10.0 Å². The van der Waals surface area contributed by atoms with Gasteiger partial charge >= 0.3 is 0 Å². The molecule has 5 nitrogen and oxygen atoms in total. The maximum atomic E-state index is 5.48. The molecule has 2 rings (SSSR count). The van der Waals surface area contributed by atoms with Crippen molar-refractivity contribution in [3.63, 3.8) is 0 Å². The van der Waals surface area contributed by atoms with E-state index in [2.05, 4.69) is 39.9 Å². The maximum Gasteiger partial charge on any atom is 0.240 e. The van der Waals surface area contributed by atoms with Crippen LogP contribution in [0.3, 0.4) is 0 Å². The number of benzene rings is 1. The Morgan fingerprint density at radius 1 is 1.42 bits per heavy atom. The van der Waals surface area contributed by atoms with E-state index in [9.17, 15) is 0 Å². The van der Waals surface area contributed by atoms with Crippen molar-refractivity contribution < 1.29 is 9.26 Å². The second-order valence-electron chi connectivity index (χ2n) is 4.45. The average Bonchev–Trinajstić information content (AvgIpc) is 2.86. The van der Waals surface area contributed by atoms with E-state index >= 15 is 0 Å². The van der Waals surface area contributed by atoms with E-state index in [1.54, 1.807) is 7.11 Å². The van der Waals surface area contributed by atoms with Crippen LogP contribution in [0.4, 0.5) is 0 Å². The van der Waals surface area contributed by atoms with Gasteiger partial charge in [0.1, 0.15) is 5.75 Å². The van der Waals surface area contributed by atoms with Gasteiger partial charge in [-0.05, 0) is 39.5 Å². The first kappa shape index (κ1) is 14.0. The summed E-state index contributed by atoms with van der Waals surface area (Å²) in [6.45, 7) is 4.47. The molecule has 0 spiro atoms. The Morgan fingerprint density at radius 3 is 2.68 bits per heavy atom. The van der Waals surface area contributed by atoms with E-state index in [1.807, 2.05) is 12.1 Å². The first-order valence-corrected chi connectivity index (χ1v) is 6.76. The molecule has 0 radical (unpaired) electrons. The largest absolute Gasteiger partial charge is 0.495 e. The molecule has 1 heterocycles. The summed E-state index contributed by atoms with van der Waals surface area (Å²) < 4.78 is 11.3. The van der Waals surface area contributed by atoms with Gasteiger partial charge in [-0.25, -0.2) is 0 Å². The lowest BCUT2D eigenvalue weighted by molar-refractivity contribution is 0.379. The summed E-state index contributed by atoms with van der Waals surface area (Å²) in [5.41, 5.74) is 7.45. The molecule has 0 bridgehead atoms. The van der Waals surface area contributed by atoms with Crippen molar-refractivity contribution in [2.45, 2.75) is 26.3 Å². The number of methoxy groups -OCH3 is 1. The molecule has 1 aromatic carbocycles. The van der Waals surface area contributed by atoms with Gasteiger partial charge in [0.05, 0.1) is 23.7 Å². The average molecular weight is 326 g/mol. The zero-order valence-electron chi connectivity index (χ0n) is 11.1. The van der Waals surface area contributed by atoms with Gasteiger partial charge in [0.2, 0.25) is 11.7 Å². The van der Waals surface area contributed by atoms with Crippen LogP contribution in [0.25, 0.3) is 11.4 Å². The third kappa shape index (κ3) is 2.79. The number of hydrogen-bond donors (Lipinski definition) is 1. The Hall–Kier alpha value is -1.40. The monoisotopic (exact) mass is 325 g/mol. The molecule has 0 fully saturated rings. The van der Waals surface area contributed by atoms with Crippen molar-refractivity contribution in [3.05, 3.63) is 28.1 Å². The molecule has 0 saturated heterocycles. The fourth-order valence-corrected chi connectivity index (χ4v) is 2.41. The molecule has 102 valence electrons. The van der Waals surface area contributed by atoms with Gasteiger partial charge in [-0.15, -0.1) is 0 Å². The number of aromatic nitrogens is 2. The summed E-state index contributed by atoms with van der Waals surface area (Å²) in [7, 11) is 1.61. The zero-order chi connectivity index (χ0) is 14.0. The van der Waals surface area contributed by atoms with E-state index in [4.69, 9.17) is 15.0 Å². The molecule has 0 aliphatic carbocycles. The Labute approximate surface area is 120 Å². The minimum Gasteiger partial charge on any atom is -0.495 e. The second kappa shape index (κ2) is 5.71. The van der Waals surface area contributed by atoms with E-state index in [0.29, 0.717) is 23.4 Å². The molecule has 1 aromatic heterocycles. The fourth-order valence-electron chi connectivity index (χ4n) is 1.77. The molecule has 2 aromatic rings. The van der Waals surface area contributed by atoms with Crippen molar-refractivity contribution in [1.82, 2.24) is 10.1 Å². The molecule has 6 heteroatoms. The summed E-state index contributed by atoms with van der Waals surface area (Å²) >= 11 is 3.51. The van der Waals surface area contributed by atoms with Gasteiger partial charge in [-0.3, -0.25) is 0 Å². The summed E-state index contributed by atoms with van der Waals surface area (Å²) in [6.07, 6.45) is 0. The van der Waals surface area contributed by atoms with Gasteiger partial charge in [-0.2, -0.15) is 4.98 Å². The molecular formula is C13H16BrN3O2. The highest BCUT2D eigenvalue weighted by Gasteiger charge is 2.17. The Bertz CT molecular complexity index is 581. The van der Waals surface area contributed by atoms with Gasteiger partial charge in [0.25, 0.3) is 0 Å². The van der Waals surface area contributed by atoms with Crippen LogP contribution >= 0.6 is 15.9 Å². The molecular weight excluding hydrogens is 310 g/mol. The van der Waals surface area contributed by atoms with E-state index in [-0.39, 0.29) is 6.54 Å². The van der Waals surface area contributed by atoms with E-state index < -0.39 is 0 Å². The molecule has 0 atom stereocenters. The standard InChI is InChI=1S/C13H16BrN3O2/c1-7(2)8-4-9(12(18-3)10(14)5-8)13-16-11(6-15)19-17-13/h4-5,7H,6,15H2,1-3H3. The number of ether oxygens (including phenoxy) is 1. The molecule has 0 amide bonds. The van der Waals surface area contributed by atoms with Crippen LogP contribution in [0, 0.1) is 0 Å². The van der Waals surface area contributed by atoms with Gasteiger partial charge in [-0.1, -0.05) is 19.0 Å². The quantitative estimate of drug-likeness (QED) is 0.934. The first-order chi connectivity index (χ1) is 9.06. The van der Waals surface area contributed by atoms with Crippen LogP contribution in [0.5, 0.6) is 5.75 Å². The lowest BCUT2D eigenvalue weighted by atomic mass is 10.00. The van der Waals surface area contributed by atoms with Gasteiger partial charge < -0.3 is 15.0 Å².